The number of carbonyl (C=O) groups is 1. The Hall–Kier alpha value is -2.28. The number of aromatic nitrogens is 1. The quantitative estimate of drug-likeness (QED) is 0.891. The minimum Gasteiger partial charge on any atom is -0.489 e. The van der Waals surface area contributed by atoms with Crippen LogP contribution in [0.5, 0.6) is 5.75 Å². The first-order valence-electron chi connectivity index (χ1n) is 8.51. The molecule has 134 valence electrons. The molecule has 2 amide bonds. The van der Waals surface area contributed by atoms with Gasteiger partial charge in [0.25, 0.3) is 0 Å². The Morgan fingerprint density at radius 2 is 2.28 bits per heavy atom. The molecule has 0 radical (unpaired) electrons. The number of fused-ring (bicyclic) bond motifs is 1. The summed E-state index contributed by atoms with van der Waals surface area (Å²) in [5.74, 6) is 0.750. The van der Waals surface area contributed by atoms with Crippen molar-refractivity contribution >= 4 is 28.7 Å². The summed E-state index contributed by atoms with van der Waals surface area (Å²) in [6.07, 6.45) is 1.70. The monoisotopic (exact) mass is 360 g/mol. The van der Waals surface area contributed by atoms with E-state index in [1.54, 1.807) is 16.2 Å². The molecule has 0 aliphatic carbocycles. The second kappa shape index (κ2) is 7.74. The normalized spacial score (nSPS) is 13.2. The molecule has 1 aromatic heterocycles. The van der Waals surface area contributed by atoms with Crippen LogP contribution in [0.4, 0.5) is 16.2 Å². The van der Waals surface area contributed by atoms with E-state index in [1.807, 2.05) is 37.2 Å². The van der Waals surface area contributed by atoms with Crippen LogP contribution in [0, 0.1) is 0 Å². The summed E-state index contributed by atoms with van der Waals surface area (Å²) in [5, 5.41) is 6.20. The third-order valence-electron chi connectivity index (χ3n) is 4.13. The lowest BCUT2D eigenvalue weighted by molar-refractivity contribution is 0.240. The highest BCUT2D eigenvalue weighted by Crippen LogP contribution is 2.34. The van der Waals surface area contributed by atoms with Crippen LogP contribution in [0.1, 0.15) is 17.6 Å². The van der Waals surface area contributed by atoms with Crippen molar-refractivity contribution in [2.75, 3.05) is 43.6 Å². The van der Waals surface area contributed by atoms with Gasteiger partial charge in [-0.1, -0.05) is 6.92 Å². The Kier molecular flexibility index (Phi) is 5.43. The highest BCUT2D eigenvalue weighted by atomic mass is 32.1. The maximum atomic E-state index is 12.6. The van der Waals surface area contributed by atoms with Crippen molar-refractivity contribution < 1.29 is 9.53 Å². The number of aryl methyl sites for hydroxylation is 1. The summed E-state index contributed by atoms with van der Waals surface area (Å²) in [7, 11) is 3.97. The van der Waals surface area contributed by atoms with E-state index in [4.69, 9.17) is 4.74 Å². The Labute approximate surface area is 152 Å². The van der Waals surface area contributed by atoms with Gasteiger partial charge in [0.2, 0.25) is 0 Å². The first-order valence-corrected chi connectivity index (χ1v) is 9.39. The summed E-state index contributed by atoms with van der Waals surface area (Å²) in [4.78, 5) is 20.9. The second-order valence-electron chi connectivity index (χ2n) is 6.11. The minimum absolute atomic E-state index is 0.0897. The molecule has 3 rings (SSSR count). The largest absolute Gasteiger partial charge is 0.489 e. The van der Waals surface area contributed by atoms with E-state index in [9.17, 15) is 4.79 Å². The Morgan fingerprint density at radius 3 is 3.00 bits per heavy atom. The van der Waals surface area contributed by atoms with Crippen LogP contribution in [0.15, 0.2) is 23.6 Å². The number of amides is 2. The summed E-state index contributed by atoms with van der Waals surface area (Å²) < 4.78 is 5.73. The molecule has 0 unspecified atom stereocenters. The van der Waals surface area contributed by atoms with Gasteiger partial charge in [-0.3, -0.25) is 4.90 Å². The van der Waals surface area contributed by atoms with Crippen molar-refractivity contribution in [1.82, 2.24) is 10.3 Å². The van der Waals surface area contributed by atoms with Crippen LogP contribution in [-0.4, -0.2) is 44.8 Å². The van der Waals surface area contributed by atoms with Crippen molar-refractivity contribution in [3.05, 3.63) is 34.3 Å². The van der Waals surface area contributed by atoms with Gasteiger partial charge in [0, 0.05) is 44.2 Å². The SMILES string of the molecule is CCc1nc(CCNC(=O)N2CCOc3cc(N(C)C)ccc32)cs1. The Balaban J connectivity index is 1.61. The molecular weight excluding hydrogens is 336 g/mol. The van der Waals surface area contributed by atoms with Gasteiger partial charge in [0.15, 0.2) is 0 Å². The average molecular weight is 360 g/mol. The molecule has 0 spiro atoms. The number of carbonyl (C=O) groups excluding carboxylic acids is 1. The predicted octanol–water partition coefficient (Wildman–Crippen LogP) is 2.92. The molecule has 0 fully saturated rings. The van der Waals surface area contributed by atoms with E-state index >= 15 is 0 Å². The third-order valence-corrected chi connectivity index (χ3v) is 5.17. The van der Waals surface area contributed by atoms with Gasteiger partial charge in [-0.15, -0.1) is 11.3 Å². The van der Waals surface area contributed by atoms with Crippen molar-refractivity contribution in [3.8, 4) is 5.75 Å². The lowest BCUT2D eigenvalue weighted by Gasteiger charge is -2.30. The van der Waals surface area contributed by atoms with Crippen molar-refractivity contribution in [1.29, 1.82) is 0 Å². The number of ether oxygens (including phenoxy) is 1. The summed E-state index contributed by atoms with van der Waals surface area (Å²) >= 11 is 1.68. The highest BCUT2D eigenvalue weighted by Gasteiger charge is 2.24. The minimum atomic E-state index is -0.0897. The molecule has 2 heterocycles. The van der Waals surface area contributed by atoms with E-state index < -0.39 is 0 Å². The summed E-state index contributed by atoms with van der Waals surface area (Å²) in [6, 6.07) is 5.82. The van der Waals surface area contributed by atoms with E-state index in [0.717, 1.165) is 40.7 Å². The summed E-state index contributed by atoms with van der Waals surface area (Å²) in [5.41, 5.74) is 2.91. The molecule has 7 heteroatoms. The van der Waals surface area contributed by atoms with Gasteiger partial charge >= 0.3 is 6.03 Å². The first kappa shape index (κ1) is 17.5. The topological polar surface area (TPSA) is 57.7 Å². The standard InChI is InChI=1S/C18H24N4O2S/c1-4-17-20-13(12-25-17)7-8-19-18(23)22-9-10-24-16-11-14(21(2)3)5-6-15(16)22/h5-6,11-12H,4,7-10H2,1-3H3,(H,19,23). The van der Waals surface area contributed by atoms with Crippen LogP contribution in [0.3, 0.4) is 0 Å². The van der Waals surface area contributed by atoms with Crippen LogP contribution in [0.25, 0.3) is 0 Å². The number of nitrogens with one attached hydrogen (secondary N) is 1. The average Bonchev–Trinajstić information content (AvgIpc) is 3.08. The van der Waals surface area contributed by atoms with Crippen LogP contribution in [-0.2, 0) is 12.8 Å². The fourth-order valence-corrected chi connectivity index (χ4v) is 3.50. The zero-order chi connectivity index (χ0) is 17.8. The van der Waals surface area contributed by atoms with Gasteiger partial charge in [-0.2, -0.15) is 0 Å². The van der Waals surface area contributed by atoms with E-state index in [1.165, 1.54) is 0 Å². The number of anilines is 2. The number of nitrogens with zero attached hydrogens (tertiary/aromatic N) is 3. The molecule has 0 atom stereocenters. The molecule has 1 aliphatic heterocycles. The number of benzene rings is 1. The van der Waals surface area contributed by atoms with Gasteiger partial charge in [-0.25, -0.2) is 9.78 Å². The number of hydrogen-bond acceptors (Lipinski definition) is 5. The third kappa shape index (κ3) is 4.04. The van der Waals surface area contributed by atoms with Gasteiger partial charge < -0.3 is 15.0 Å². The molecule has 0 saturated carbocycles. The van der Waals surface area contributed by atoms with Crippen molar-refractivity contribution in [3.63, 3.8) is 0 Å². The fourth-order valence-electron chi connectivity index (χ4n) is 2.72. The zero-order valence-electron chi connectivity index (χ0n) is 14.9. The predicted molar refractivity (Wildman–Crippen MR) is 102 cm³/mol. The Bertz CT molecular complexity index is 744. The molecule has 1 aliphatic rings. The molecule has 6 nitrogen and oxygen atoms in total. The maximum absolute atomic E-state index is 12.6. The van der Waals surface area contributed by atoms with Gasteiger partial charge in [0.05, 0.1) is 22.9 Å². The van der Waals surface area contributed by atoms with E-state index in [-0.39, 0.29) is 6.03 Å². The second-order valence-corrected chi connectivity index (χ2v) is 7.06. The molecule has 1 aromatic carbocycles. The molecule has 0 bridgehead atoms. The first-order chi connectivity index (χ1) is 12.1. The lowest BCUT2D eigenvalue weighted by Crippen LogP contribution is -2.45. The smallest absolute Gasteiger partial charge is 0.322 e. The zero-order valence-corrected chi connectivity index (χ0v) is 15.7. The van der Waals surface area contributed by atoms with Crippen LogP contribution >= 0.6 is 11.3 Å². The molecule has 2 aromatic rings. The molecular formula is C18H24N4O2S. The van der Waals surface area contributed by atoms with E-state index in [2.05, 4.69) is 22.6 Å². The fraction of sp³-hybridized carbons (Fsp3) is 0.444. The van der Waals surface area contributed by atoms with E-state index in [0.29, 0.717) is 19.7 Å². The van der Waals surface area contributed by atoms with Gasteiger partial charge in [0.1, 0.15) is 12.4 Å². The number of urea groups is 1. The number of rotatable bonds is 5. The lowest BCUT2D eigenvalue weighted by atomic mass is 10.2. The summed E-state index contributed by atoms with van der Waals surface area (Å²) in [6.45, 7) is 3.73. The van der Waals surface area contributed by atoms with Crippen molar-refractivity contribution in [2.24, 2.45) is 0 Å². The molecule has 1 N–H and O–H groups in total. The highest BCUT2D eigenvalue weighted by molar-refractivity contribution is 7.09. The van der Waals surface area contributed by atoms with Crippen LogP contribution < -0.4 is 19.9 Å². The Morgan fingerprint density at radius 1 is 1.44 bits per heavy atom. The van der Waals surface area contributed by atoms with Crippen molar-refractivity contribution in [2.45, 2.75) is 19.8 Å². The van der Waals surface area contributed by atoms with Crippen LogP contribution in [0.2, 0.25) is 0 Å². The number of thiazole rings is 1. The maximum Gasteiger partial charge on any atom is 0.322 e. The molecule has 0 saturated heterocycles. The number of hydrogen-bond donors (Lipinski definition) is 1. The van der Waals surface area contributed by atoms with Gasteiger partial charge in [-0.05, 0) is 18.6 Å². The molecule has 25 heavy (non-hydrogen) atoms.